The summed E-state index contributed by atoms with van der Waals surface area (Å²) in [6, 6.07) is 17.9. The Morgan fingerprint density at radius 2 is 1.58 bits per heavy atom. The topological polar surface area (TPSA) is 55.8 Å². The van der Waals surface area contributed by atoms with Crippen LogP contribution in [0.5, 0.6) is 0 Å². The summed E-state index contributed by atoms with van der Waals surface area (Å²) < 4.78 is 0. The molecule has 1 aromatic heterocycles. The zero-order valence-corrected chi connectivity index (χ0v) is 21.9. The molecular weight excluding hydrogens is 472 g/mol. The third kappa shape index (κ3) is 4.98. The fourth-order valence-electron chi connectivity index (χ4n) is 4.81. The number of rotatable bonds is 5. The Morgan fingerprint density at radius 1 is 0.917 bits per heavy atom. The van der Waals surface area contributed by atoms with Crippen molar-refractivity contribution in [3.63, 3.8) is 0 Å². The smallest absolute Gasteiger partial charge is 0.254 e. The number of nitrogens with zero attached hydrogens (tertiary/aromatic N) is 6. The number of hydrogen-bond donors (Lipinski definition) is 0. The Balaban J connectivity index is 1.39. The number of anilines is 3. The van der Waals surface area contributed by atoms with Crippen LogP contribution < -0.4 is 14.7 Å². The number of fused-ring (bicyclic) bond motifs is 1. The lowest BCUT2D eigenvalue weighted by Crippen LogP contribution is -2.47. The molecule has 1 fully saturated rings. The molecule has 7 nitrogen and oxygen atoms in total. The minimum absolute atomic E-state index is 0.0107. The summed E-state index contributed by atoms with van der Waals surface area (Å²) in [5.41, 5.74) is 4.00. The van der Waals surface area contributed by atoms with Crippen LogP contribution >= 0.6 is 11.6 Å². The highest BCUT2D eigenvalue weighted by molar-refractivity contribution is 6.30. The average molecular weight is 505 g/mol. The highest BCUT2D eigenvalue weighted by Gasteiger charge is 2.29. The molecule has 0 radical (unpaired) electrons. The van der Waals surface area contributed by atoms with E-state index in [0.717, 1.165) is 49.2 Å². The van der Waals surface area contributed by atoms with Gasteiger partial charge in [0.15, 0.2) is 0 Å². The van der Waals surface area contributed by atoms with E-state index in [0.29, 0.717) is 30.1 Å². The molecule has 3 heterocycles. The molecule has 2 aliphatic rings. The lowest BCUT2D eigenvalue weighted by molar-refractivity contribution is 0.0733. The molecule has 0 atom stereocenters. The summed E-state index contributed by atoms with van der Waals surface area (Å²) in [6.45, 7) is 9.08. The summed E-state index contributed by atoms with van der Waals surface area (Å²) >= 11 is 6.02. The van der Waals surface area contributed by atoms with Gasteiger partial charge in [-0.3, -0.25) is 4.79 Å². The monoisotopic (exact) mass is 504 g/mol. The van der Waals surface area contributed by atoms with Gasteiger partial charge in [0.2, 0.25) is 5.95 Å². The molecule has 0 N–H and O–H groups in total. The zero-order valence-electron chi connectivity index (χ0n) is 21.2. The maximum Gasteiger partial charge on any atom is 0.254 e. The Labute approximate surface area is 218 Å². The van der Waals surface area contributed by atoms with Crippen molar-refractivity contribution in [1.29, 1.82) is 0 Å². The van der Waals surface area contributed by atoms with Crippen LogP contribution in [-0.2, 0) is 13.0 Å². The molecule has 0 aliphatic carbocycles. The van der Waals surface area contributed by atoms with Crippen LogP contribution in [-0.4, -0.2) is 66.6 Å². The number of carbonyl (C=O) groups is 1. The lowest BCUT2D eigenvalue weighted by atomic mass is 10.0. The average Bonchev–Trinajstić information content (AvgIpc) is 2.92. The van der Waals surface area contributed by atoms with Gasteiger partial charge in [0, 0.05) is 74.1 Å². The number of benzene rings is 2. The van der Waals surface area contributed by atoms with Crippen LogP contribution in [0.2, 0.25) is 5.02 Å². The van der Waals surface area contributed by atoms with Gasteiger partial charge in [-0.15, -0.1) is 0 Å². The molecule has 0 bridgehead atoms. The molecule has 8 heteroatoms. The van der Waals surface area contributed by atoms with E-state index in [1.807, 2.05) is 4.90 Å². The van der Waals surface area contributed by atoms with Crippen LogP contribution in [0.3, 0.4) is 0 Å². The number of halogens is 1. The van der Waals surface area contributed by atoms with Crippen molar-refractivity contribution >= 4 is 35.0 Å². The van der Waals surface area contributed by atoms with Gasteiger partial charge in [-0.2, -0.15) is 4.98 Å². The van der Waals surface area contributed by atoms with Crippen molar-refractivity contribution in [3.8, 4) is 0 Å². The van der Waals surface area contributed by atoms with Crippen molar-refractivity contribution in [2.75, 3.05) is 54.5 Å². The fourth-order valence-corrected chi connectivity index (χ4v) is 4.94. The molecule has 188 valence electrons. The first kappa shape index (κ1) is 24.4. The second-order valence-corrected chi connectivity index (χ2v) is 10.2. The third-order valence-corrected chi connectivity index (χ3v) is 7.45. The highest BCUT2D eigenvalue weighted by atomic mass is 35.5. The third-order valence-electron chi connectivity index (χ3n) is 7.20. The van der Waals surface area contributed by atoms with E-state index < -0.39 is 0 Å². The molecule has 1 saturated heterocycles. The number of para-hydroxylation sites is 1. The van der Waals surface area contributed by atoms with Crippen molar-refractivity contribution in [2.45, 2.75) is 32.9 Å². The van der Waals surface area contributed by atoms with Crippen LogP contribution in [0.1, 0.15) is 35.5 Å². The second-order valence-electron chi connectivity index (χ2n) is 9.77. The van der Waals surface area contributed by atoms with E-state index in [-0.39, 0.29) is 11.9 Å². The van der Waals surface area contributed by atoms with Crippen LogP contribution in [0, 0.1) is 0 Å². The van der Waals surface area contributed by atoms with E-state index >= 15 is 0 Å². The summed E-state index contributed by atoms with van der Waals surface area (Å²) in [4.78, 5) is 32.1. The normalized spacial score (nSPS) is 15.8. The van der Waals surface area contributed by atoms with Crippen molar-refractivity contribution in [1.82, 2.24) is 14.9 Å². The zero-order chi connectivity index (χ0) is 25.2. The van der Waals surface area contributed by atoms with Gasteiger partial charge in [0.25, 0.3) is 5.91 Å². The molecule has 1 amide bonds. The first-order valence-electron chi connectivity index (χ1n) is 12.6. The molecular formula is C28H33ClN6O. The SMILES string of the molecule is CC(C)N(C)c1nc(N2CCN(c3ccccc3)CC2)nc2c1CN(C(=O)c1ccc(Cl)cc1)CC2. The predicted octanol–water partition coefficient (Wildman–Crippen LogP) is 4.50. The lowest BCUT2D eigenvalue weighted by Gasteiger charge is -2.38. The molecule has 5 rings (SSSR count). The highest BCUT2D eigenvalue weighted by Crippen LogP contribution is 2.31. The largest absolute Gasteiger partial charge is 0.368 e. The molecule has 36 heavy (non-hydrogen) atoms. The Bertz CT molecular complexity index is 1210. The summed E-state index contributed by atoms with van der Waals surface area (Å²) in [5, 5.41) is 0.627. The van der Waals surface area contributed by atoms with E-state index in [1.165, 1.54) is 5.69 Å². The molecule has 2 aliphatic heterocycles. The quantitative estimate of drug-likeness (QED) is 0.510. The van der Waals surface area contributed by atoms with Crippen molar-refractivity contribution in [3.05, 3.63) is 76.4 Å². The number of hydrogen-bond acceptors (Lipinski definition) is 6. The Kier molecular flexibility index (Phi) is 7.01. The van der Waals surface area contributed by atoms with E-state index in [1.54, 1.807) is 24.3 Å². The minimum Gasteiger partial charge on any atom is -0.368 e. The number of carbonyl (C=O) groups excluding carboxylic acids is 1. The number of piperazine rings is 1. The fraction of sp³-hybridized carbons (Fsp3) is 0.393. The second kappa shape index (κ2) is 10.3. The van der Waals surface area contributed by atoms with Crippen LogP contribution in [0.15, 0.2) is 54.6 Å². The molecule has 0 spiro atoms. The van der Waals surface area contributed by atoms with E-state index in [4.69, 9.17) is 21.6 Å². The number of amides is 1. The molecule has 2 aromatic carbocycles. The summed E-state index contributed by atoms with van der Waals surface area (Å²) in [6.07, 6.45) is 0.715. The summed E-state index contributed by atoms with van der Waals surface area (Å²) in [7, 11) is 2.07. The van der Waals surface area contributed by atoms with Crippen LogP contribution in [0.4, 0.5) is 17.5 Å². The molecule has 0 unspecified atom stereocenters. The van der Waals surface area contributed by atoms with Gasteiger partial charge in [-0.05, 0) is 50.2 Å². The van der Waals surface area contributed by atoms with Gasteiger partial charge < -0.3 is 19.6 Å². The van der Waals surface area contributed by atoms with Crippen molar-refractivity contribution in [2.24, 2.45) is 0 Å². The van der Waals surface area contributed by atoms with Gasteiger partial charge >= 0.3 is 0 Å². The van der Waals surface area contributed by atoms with Crippen LogP contribution in [0.25, 0.3) is 0 Å². The first-order valence-corrected chi connectivity index (χ1v) is 13.0. The maximum atomic E-state index is 13.2. The number of aromatic nitrogens is 2. The first-order chi connectivity index (χ1) is 17.4. The summed E-state index contributed by atoms with van der Waals surface area (Å²) in [5.74, 6) is 1.72. The van der Waals surface area contributed by atoms with Gasteiger partial charge in [0.05, 0.1) is 12.2 Å². The minimum atomic E-state index is 0.0107. The van der Waals surface area contributed by atoms with Gasteiger partial charge in [-0.1, -0.05) is 29.8 Å². The molecule has 3 aromatic rings. The van der Waals surface area contributed by atoms with Crippen molar-refractivity contribution < 1.29 is 4.79 Å². The maximum absolute atomic E-state index is 13.2. The van der Waals surface area contributed by atoms with Gasteiger partial charge in [0.1, 0.15) is 5.82 Å². The van der Waals surface area contributed by atoms with E-state index in [9.17, 15) is 4.79 Å². The Hall–Kier alpha value is -3.32. The Morgan fingerprint density at radius 3 is 2.25 bits per heavy atom. The van der Waals surface area contributed by atoms with E-state index in [2.05, 4.69) is 65.9 Å². The van der Waals surface area contributed by atoms with Gasteiger partial charge in [-0.25, -0.2) is 4.98 Å². The predicted molar refractivity (Wildman–Crippen MR) is 146 cm³/mol. The standard InChI is InChI=1S/C28H33ClN6O/c1-20(2)32(3)26-24-19-35(27(36)21-9-11-22(29)12-10-21)14-13-25(24)30-28(31-26)34-17-15-33(16-18-34)23-7-5-4-6-8-23/h4-12,20H,13-19H2,1-3H3. The molecule has 0 saturated carbocycles.